The summed E-state index contributed by atoms with van der Waals surface area (Å²) < 4.78 is 1.97. The van der Waals surface area contributed by atoms with E-state index in [2.05, 4.69) is 10.3 Å². The van der Waals surface area contributed by atoms with Gasteiger partial charge in [-0.1, -0.05) is 75.5 Å². The molecule has 0 amide bonds. The molecule has 1 heterocycles. The number of rotatable bonds is 12. The number of ketones is 2. The lowest BCUT2D eigenvalue weighted by atomic mass is 9.94. The quantitative estimate of drug-likeness (QED) is 0.0894. The molecule has 8 nitrogen and oxygen atoms in total. The molecular weight excluding hydrogens is 564 g/mol. The smallest absolute Gasteiger partial charge is 0.318 e. The van der Waals surface area contributed by atoms with Crippen LogP contribution in [0.2, 0.25) is 0 Å². The number of carbonyl (C=O) groups is 4. The van der Waals surface area contributed by atoms with Crippen LogP contribution >= 0.6 is 11.3 Å². The van der Waals surface area contributed by atoms with Crippen molar-refractivity contribution in [3.05, 3.63) is 47.5 Å². The Morgan fingerprint density at radius 1 is 0.674 bits per heavy atom. The summed E-state index contributed by atoms with van der Waals surface area (Å²) in [6.07, 6.45) is 9.94. The van der Waals surface area contributed by atoms with Crippen molar-refractivity contribution < 1.29 is 28.9 Å². The first-order valence-corrected chi connectivity index (χ1v) is 16.3. The van der Waals surface area contributed by atoms with Gasteiger partial charge in [0, 0.05) is 44.1 Å². The molecule has 43 heavy (non-hydrogen) atoms. The highest BCUT2D eigenvalue weighted by atomic mass is 32.1. The van der Waals surface area contributed by atoms with Gasteiger partial charge in [0.1, 0.15) is 11.4 Å². The molecule has 5 rings (SSSR count). The zero-order valence-electron chi connectivity index (χ0n) is 24.9. The summed E-state index contributed by atoms with van der Waals surface area (Å²) in [5, 5.41) is 9.77. The highest BCUT2D eigenvalue weighted by Crippen LogP contribution is 2.36. The van der Waals surface area contributed by atoms with E-state index in [1.165, 1.54) is 0 Å². The normalized spacial score (nSPS) is 16.7. The maximum Gasteiger partial charge on any atom is 0.334 e. The van der Waals surface area contributed by atoms with Gasteiger partial charge in [0.15, 0.2) is 0 Å². The van der Waals surface area contributed by atoms with Gasteiger partial charge in [-0.3, -0.25) is 9.59 Å². The molecule has 0 aliphatic heterocycles. The molecule has 0 spiro atoms. The third-order valence-corrected chi connectivity index (χ3v) is 9.68. The largest absolute Gasteiger partial charge is 0.334 e. The van der Waals surface area contributed by atoms with E-state index in [1.807, 2.05) is 24.3 Å². The second kappa shape index (κ2) is 14.2. The predicted molar refractivity (Wildman–Crippen MR) is 169 cm³/mol. The number of benzene rings is 2. The molecule has 2 aliphatic rings. The van der Waals surface area contributed by atoms with Gasteiger partial charge in [0.05, 0.1) is 0 Å². The summed E-state index contributed by atoms with van der Waals surface area (Å²) in [4.78, 5) is 61.1. The van der Waals surface area contributed by atoms with Gasteiger partial charge in [-0.2, -0.15) is 0 Å². The van der Waals surface area contributed by atoms with E-state index in [1.54, 1.807) is 37.3 Å². The Labute approximate surface area is 255 Å². The van der Waals surface area contributed by atoms with Crippen LogP contribution < -0.4 is 0 Å². The minimum Gasteiger partial charge on any atom is -0.318 e. The number of hydrogen-bond donors (Lipinski definition) is 0. The van der Waals surface area contributed by atoms with Crippen LogP contribution in [0.4, 0.5) is 0 Å². The minimum atomic E-state index is -0.478. The average molecular weight is 603 g/mol. The van der Waals surface area contributed by atoms with Gasteiger partial charge in [-0.15, -0.1) is 11.3 Å². The third-order valence-electron chi connectivity index (χ3n) is 8.52. The second-order valence-corrected chi connectivity index (χ2v) is 12.7. The van der Waals surface area contributed by atoms with E-state index in [4.69, 9.17) is 9.68 Å². The highest BCUT2D eigenvalue weighted by molar-refractivity contribution is 7.25. The van der Waals surface area contributed by atoms with Gasteiger partial charge >= 0.3 is 11.9 Å². The van der Waals surface area contributed by atoms with Crippen molar-refractivity contribution in [2.24, 2.45) is 22.1 Å². The van der Waals surface area contributed by atoms with Crippen molar-refractivity contribution in [3.63, 3.8) is 0 Å². The Morgan fingerprint density at radius 3 is 1.44 bits per heavy atom. The molecule has 9 heteroatoms. The number of nitrogens with zero attached hydrogens (tertiary/aromatic N) is 2. The molecule has 0 atom stereocenters. The summed E-state index contributed by atoms with van der Waals surface area (Å²) in [6.45, 7) is 3.37. The van der Waals surface area contributed by atoms with E-state index in [-0.39, 0.29) is 35.8 Å². The maximum absolute atomic E-state index is 13.7. The first-order chi connectivity index (χ1) is 20.9. The Morgan fingerprint density at radius 2 is 1.07 bits per heavy atom. The summed E-state index contributed by atoms with van der Waals surface area (Å²) in [5.41, 5.74) is 1.45. The molecule has 2 aromatic carbocycles. The number of Topliss-reactive ketones (excluding diaryl/α,β-unsaturated/α-hetero) is 2. The molecule has 226 valence electrons. The van der Waals surface area contributed by atoms with Gasteiger partial charge in [0.25, 0.3) is 0 Å². The first kappa shape index (κ1) is 30.7. The summed E-state index contributed by atoms with van der Waals surface area (Å²) in [6, 6.07) is 11.1. The first-order valence-electron chi connectivity index (χ1n) is 15.4. The monoisotopic (exact) mass is 602 g/mol. The minimum absolute atomic E-state index is 0.177. The average Bonchev–Trinajstić information content (AvgIpc) is 3.81. The molecule has 0 N–H and O–H groups in total. The van der Waals surface area contributed by atoms with E-state index in [9.17, 15) is 19.2 Å². The van der Waals surface area contributed by atoms with Crippen LogP contribution in [0.15, 0.2) is 46.7 Å². The van der Waals surface area contributed by atoms with Gasteiger partial charge in [-0.25, -0.2) is 9.59 Å². The van der Waals surface area contributed by atoms with E-state index >= 15 is 0 Å². The fourth-order valence-corrected chi connectivity index (χ4v) is 7.12. The number of oxime groups is 2. The van der Waals surface area contributed by atoms with Crippen molar-refractivity contribution >= 4 is 66.4 Å². The number of hydrogen-bond acceptors (Lipinski definition) is 9. The van der Waals surface area contributed by atoms with Crippen LogP contribution in [0.5, 0.6) is 0 Å². The van der Waals surface area contributed by atoms with Crippen LogP contribution in [0, 0.1) is 11.8 Å². The maximum atomic E-state index is 13.7. The van der Waals surface area contributed by atoms with E-state index in [0.29, 0.717) is 35.8 Å². The van der Waals surface area contributed by atoms with Crippen LogP contribution in [0.3, 0.4) is 0 Å². The summed E-state index contributed by atoms with van der Waals surface area (Å²) in [5.74, 6) is -0.777. The molecular formula is C34H38N2O6S. The fraction of sp³-hybridized carbons (Fsp3) is 0.471. The van der Waals surface area contributed by atoms with E-state index in [0.717, 1.165) is 71.5 Å². The standard InChI is InChI=1S/C34H38N2O6S/c1-3-31(37)41-35-27(17-21-9-5-6-10-21)33(39)23-13-15-29-25(19-23)26-20-24(14-16-30(26)43-29)34(40)28(36-42-32(38)4-2)18-22-11-7-8-12-22/h13-16,19-22H,3-12,17-18H2,1-2H3. The van der Waals surface area contributed by atoms with Crippen LogP contribution in [0.25, 0.3) is 20.2 Å². The van der Waals surface area contributed by atoms with Crippen LogP contribution in [0.1, 0.15) is 112 Å². The van der Waals surface area contributed by atoms with Gasteiger partial charge < -0.3 is 9.68 Å². The highest BCUT2D eigenvalue weighted by Gasteiger charge is 2.26. The van der Waals surface area contributed by atoms with Gasteiger partial charge in [-0.05, 0) is 61.1 Å². The second-order valence-electron chi connectivity index (χ2n) is 11.6. The molecule has 2 fully saturated rings. The number of carbonyl (C=O) groups excluding carboxylic acids is 4. The lowest BCUT2D eigenvalue weighted by molar-refractivity contribution is -0.144. The van der Waals surface area contributed by atoms with Crippen molar-refractivity contribution in [3.8, 4) is 0 Å². The fourth-order valence-electron chi connectivity index (χ4n) is 6.05. The Bertz CT molecular complexity index is 1470. The zero-order chi connectivity index (χ0) is 30.3. The molecule has 3 aromatic rings. The molecule has 2 aliphatic carbocycles. The van der Waals surface area contributed by atoms with E-state index < -0.39 is 11.9 Å². The summed E-state index contributed by atoms with van der Waals surface area (Å²) in [7, 11) is 0. The Balaban J connectivity index is 1.46. The summed E-state index contributed by atoms with van der Waals surface area (Å²) >= 11 is 1.58. The lowest BCUT2D eigenvalue weighted by Crippen LogP contribution is -2.19. The topological polar surface area (TPSA) is 111 Å². The Kier molecular flexibility index (Phi) is 10.1. The molecule has 1 aromatic heterocycles. The van der Waals surface area contributed by atoms with Crippen LogP contribution in [-0.4, -0.2) is 34.9 Å². The van der Waals surface area contributed by atoms with Crippen molar-refractivity contribution in [2.75, 3.05) is 0 Å². The molecule has 0 bridgehead atoms. The lowest BCUT2D eigenvalue weighted by Gasteiger charge is -2.11. The molecule has 0 unspecified atom stereocenters. The van der Waals surface area contributed by atoms with Crippen LogP contribution in [-0.2, 0) is 19.3 Å². The molecule has 0 saturated heterocycles. The van der Waals surface area contributed by atoms with Crippen molar-refractivity contribution in [1.82, 2.24) is 0 Å². The third kappa shape index (κ3) is 7.44. The SMILES string of the molecule is CCC(=O)ON=C(CC1CCCC1)C(=O)c1ccc2sc3ccc(C(=O)C(CC4CCCC4)=NOC(=O)CC)cc3c2c1. The molecule has 0 radical (unpaired) electrons. The predicted octanol–water partition coefficient (Wildman–Crippen LogP) is 8.20. The van der Waals surface area contributed by atoms with Gasteiger partial charge in [0.2, 0.25) is 11.6 Å². The van der Waals surface area contributed by atoms with Crippen molar-refractivity contribution in [1.29, 1.82) is 0 Å². The number of thiophene rings is 1. The molecule has 2 saturated carbocycles. The number of fused-ring (bicyclic) bond motifs is 3. The zero-order valence-corrected chi connectivity index (χ0v) is 25.7. The Hall–Kier alpha value is -3.72. The van der Waals surface area contributed by atoms with Crippen molar-refractivity contribution in [2.45, 2.75) is 90.9 Å².